The first-order valence-electron chi connectivity index (χ1n) is 3.76. The molecule has 0 spiro atoms. The number of carbonyl (C=O) groups excluding carboxylic acids is 1. The van der Waals surface area contributed by atoms with Crippen LogP contribution in [0.1, 0.15) is 17.4 Å². The van der Waals surface area contributed by atoms with Crippen LogP contribution in [0.15, 0.2) is 10.7 Å². The Morgan fingerprint density at radius 2 is 2.62 bits per heavy atom. The van der Waals surface area contributed by atoms with Crippen molar-refractivity contribution >= 4 is 21.8 Å². The van der Waals surface area contributed by atoms with Crippen LogP contribution in [0, 0.1) is 0 Å². The lowest BCUT2D eigenvalue weighted by Crippen LogP contribution is -2.30. The van der Waals surface area contributed by atoms with Gasteiger partial charge in [0.2, 0.25) is 0 Å². The number of aliphatic hydroxyl groups excluding tert-OH is 1. The first-order chi connectivity index (χ1) is 6.11. The maximum atomic E-state index is 11.3. The summed E-state index contributed by atoms with van der Waals surface area (Å²) in [5.74, 6) is -0.287. The molecular weight excluding hydrogens is 238 g/mol. The van der Waals surface area contributed by atoms with Crippen LogP contribution in [0.4, 0.5) is 0 Å². The fourth-order valence-electron chi connectivity index (χ4n) is 0.759. The molecule has 6 heteroatoms. The predicted molar refractivity (Wildman–Crippen MR) is 50.3 cm³/mol. The number of carbonyl (C=O) groups is 1. The summed E-state index contributed by atoms with van der Waals surface area (Å²) >= 11 is 3.16. The second-order valence-electron chi connectivity index (χ2n) is 2.65. The topological polar surface area (TPSA) is 78.0 Å². The Bertz CT molecular complexity index is 298. The van der Waals surface area contributed by atoms with E-state index in [1.165, 1.54) is 6.20 Å². The summed E-state index contributed by atoms with van der Waals surface area (Å²) in [6, 6.07) is 0. The summed E-state index contributed by atoms with van der Waals surface area (Å²) in [5.41, 5.74) is 0.362. The van der Waals surface area contributed by atoms with Gasteiger partial charge in [0.25, 0.3) is 5.91 Å². The smallest absolute Gasteiger partial charge is 0.270 e. The van der Waals surface area contributed by atoms with E-state index in [9.17, 15) is 4.79 Å². The number of amides is 1. The highest BCUT2D eigenvalue weighted by atomic mass is 79.9. The molecule has 0 fully saturated rings. The second kappa shape index (κ2) is 4.38. The van der Waals surface area contributed by atoms with Crippen molar-refractivity contribution in [3.63, 3.8) is 0 Å². The minimum Gasteiger partial charge on any atom is -0.392 e. The van der Waals surface area contributed by atoms with Crippen LogP contribution in [-0.4, -0.2) is 33.9 Å². The summed E-state index contributed by atoms with van der Waals surface area (Å²) in [7, 11) is 0. The molecule has 1 atom stereocenters. The molecule has 0 saturated heterocycles. The molecule has 0 bridgehead atoms. The lowest BCUT2D eigenvalue weighted by Gasteiger charge is -2.05. The van der Waals surface area contributed by atoms with Crippen LogP contribution in [0.3, 0.4) is 0 Å². The zero-order valence-corrected chi connectivity index (χ0v) is 8.63. The molecule has 0 saturated carbocycles. The molecule has 3 N–H and O–H groups in total. The third-order valence-electron chi connectivity index (χ3n) is 1.38. The van der Waals surface area contributed by atoms with Gasteiger partial charge in [-0.15, -0.1) is 0 Å². The van der Waals surface area contributed by atoms with Crippen molar-refractivity contribution in [2.24, 2.45) is 0 Å². The van der Waals surface area contributed by atoms with Gasteiger partial charge in [-0.25, -0.2) is 0 Å². The molecule has 1 rings (SSSR count). The predicted octanol–water partition coefficient (Wildman–Crippen LogP) is 0.283. The first kappa shape index (κ1) is 10.2. The fourth-order valence-corrected chi connectivity index (χ4v) is 1.13. The third-order valence-corrected chi connectivity index (χ3v) is 1.98. The van der Waals surface area contributed by atoms with Gasteiger partial charge >= 0.3 is 0 Å². The Hall–Kier alpha value is -0.880. The van der Waals surface area contributed by atoms with Crippen molar-refractivity contribution in [1.82, 2.24) is 15.5 Å². The number of rotatable bonds is 3. The van der Waals surface area contributed by atoms with Crippen LogP contribution >= 0.6 is 15.9 Å². The van der Waals surface area contributed by atoms with Crippen LogP contribution < -0.4 is 5.32 Å². The van der Waals surface area contributed by atoms with E-state index >= 15 is 0 Å². The van der Waals surface area contributed by atoms with Gasteiger partial charge in [-0.3, -0.25) is 9.89 Å². The van der Waals surface area contributed by atoms with Gasteiger partial charge in [0.15, 0.2) is 0 Å². The molecule has 5 nitrogen and oxygen atoms in total. The molecule has 1 unspecified atom stereocenters. The van der Waals surface area contributed by atoms with E-state index in [4.69, 9.17) is 5.11 Å². The van der Waals surface area contributed by atoms with Gasteiger partial charge in [-0.2, -0.15) is 5.10 Å². The number of halogens is 1. The first-order valence-corrected chi connectivity index (χ1v) is 4.55. The molecule has 0 aliphatic carbocycles. The van der Waals surface area contributed by atoms with Crippen LogP contribution in [-0.2, 0) is 0 Å². The summed E-state index contributed by atoms with van der Waals surface area (Å²) in [6.07, 6.45) is 0.947. The largest absolute Gasteiger partial charge is 0.392 e. The highest BCUT2D eigenvalue weighted by Gasteiger charge is 2.11. The molecule has 0 radical (unpaired) electrons. The van der Waals surface area contributed by atoms with Gasteiger partial charge in [-0.05, 0) is 22.9 Å². The highest BCUT2D eigenvalue weighted by Crippen LogP contribution is 2.11. The maximum absolute atomic E-state index is 11.3. The van der Waals surface area contributed by atoms with Crippen LogP contribution in [0.5, 0.6) is 0 Å². The standard InChI is InChI=1S/C7H10BrN3O2/c1-4(12)2-9-7(13)6-5(8)3-10-11-6/h3-4,12H,2H2,1H3,(H,9,13)(H,10,11). The van der Waals surface area contributed by atoms with Gasteiger partial charge in [0.1, 0.15) is 5.69 Å². The normalized spacial score (nSPS) is 12.5. The molecule has 1 aromatic heterocycles. The SMILES string of the molecule is CC(O)CNC(=O)c1[nH]ncc1Br. The minimum absolute atomic E-state index is 0.226. The molecule has 1 aromatic rings. The Kier molecular flexibility index (Phi) is 3.44. The van der Waals surface area contributed by atoms with E-state index in [1.807, 2.05) is 0 Å². The zero-order chi connectivity index (χ0) is 9.84. The lowest BCUT2D eigenvalue weighted by molar-refractivity contribution is 0.0918. The molecule has 13 heavy (non-hydrogen) atoms. The lowest BCUT2D eigenvalue weighted by atomic mass is 10.3. The number of aromatic nitrogens is 2. The summed E-state index contributed by atoms with van der Waals surface area (Å²) < 4.78 is 0.607. The van der Waals surface area contributed by atoms with Gasteiger partial charge in [0.05, 0.1) is 16.8 Å². The van der Waals surface area contributed by atoms with Gasteiger partial charge in [-0.1, -0.05) is 0 Å². The number of aliphatic hydroxyl groups is 1. The Labute approximate surface area is 83.7 Å². The van der Waals surface area contributed by atoms with Crippen LogP contribution in [0.2, 0.25) is 0 Å². The van der Waals surface area contributed by atoms with Crippen molar-refractivity contribution in [2.75, 3.05) is 6.54 Å². The Morgan fingerprint density at radius 1 is 1.92 bits per heavy atom. The molecule has 72 valence electrons. The van der Waals surface area contributed by atoms with Crippen molar-refractivity contribution in [3.8, 4) is 0 Å². The number of H-pyrrole nitrogens is 1. The number of hydrogen-bond donors (Lipinski definition) is 3. The average Bonchev–Trinajstić information content (AvgIpc) is 2.47. The summed E-state index contributed by atoms with van der Waals surface area (Å²) in [4.78, 5) is 11.3. The van der Waals surface area contributed by atoms with E-state index in [1.54, 1.807) is 6.92 Å². The van der Waals surface area contributed by atoms with Crippen LogP contribution in [0.25, 0.3) is 0 Å². The molecule has 0 aliphatic heterocycles. The maximum Gasteiger partial charge on any atom is 0.270 e. The molecular formula is C7H10BrN3O2. The quantitative estimate of drug-likeness (QED) is 0.719. The minimum atomic E-state index is -0.550. The van der Waals surface area contributed by atoms with E-state index < -0.39 is 6.10 Å². The van der Waals surface area contributed by atoms with E-state index in [2.05, 4.69) is 31.4 Å². The van der Waals surface area contributed by atoms with E-state index in [0.717, 1.165) is 0 Å². The van der Waals surface area contributed by atoms with E-state index in [0.29, 0.717) is 10.2 Å². The number of nitrogens with one attached hydrogen (secondary N) is 2. The van der Waals surface area contributed by atoms with E-state index in [-0.39, 0.29) is 12.5 Å². The van der Waals surface area contributed by atoms with Gasteiger partial charge in [0, 0.05) is 6.54 Å². The molecule has 1 amide bonds. The van der Waals surface area contributed by atoms with Crippen molar-refractivity contribution in [1.29, 1.82) is 0 Å². The zero-order valence-electron chi connectivity index (χ0n) is 7.04. The number of hydrogen-bond acceptors (Lipinski definition) is 3. The Morgan fingerprint density at radius 3 is 3.08 bits per heavy atom. The van der Waals surface area contributed by atoms with Crippen molar-refractivity contribution in [3.05, 3.63) is 16.4 Å². The fraction of sp³-hybridized carbons (Fsp3) is 0.429. The molecule has 1 heterocycles. The number of nitrogens with zero attached hydrogens (tertiary/aromatic N) is 1. The highest BCUT2D eigenvalue weighted by molar-refractivity contribution is 9.10. The summed E-state index contributed by atoms with van der Waals surface area (Å²) in [5, 5.41) is 17.7. The van der Waals surface area contributed by atoms with Crippen molar-refractivity contribution in [2.45, 2.75) is 13.0 Å². The number of aromatic amines is 1. The molecule has 0 aromatic carbocycles. The molecule has 0 aliphatic rings. The second-order valence-corrected chi connectivity index (χ2v) is 3.51. The third kappa shape index (κ3) is 2.82. The van der Waals surface area contributed by atoms with Crippen molar-refractivity contribution < 1.29 is 9.90 Å². The Balaban J connectivity index is 2.54. The summed E-state index contributed by atoms with van der Waals surface area (Å²) in [6.45, 7) is 1.83. The monoisotopic (exact) mass is 247 g/mol. The average molecular weight is 248 g/mol. The van der Waals surface area contributed by atoms with Gasteiger partial charge < -0.3 is 10.4 Å².